The molecule has 0 aliphatic rings. The molecule has 0 aromatic heterocycles. The monoisotopic (exact) mass is 1200 g/mol. The molecule has 0 aliphatic carbocycles. The summed E-state index contributed by atoms with van der Waals surface area (Å²) in [5.74, 6) is 0.00309. The molecule has 1 amide bonds. The lowest BCUT2D eigenvalue weighted by Gasteiger charge is -2.22. The standard InChI is InChI=1S/C79H157NO5/c1-3-5-7-9-11-13-15-17-18-19-39-43-46-49-53-57-61-65-69-73-79(84)85-74-70-66-62-58-54-50-47-44-41-38-36-34-32-30-28-26-24-22-20-21-23-25-27-29-31-33-35-37-40-42-45-48-52-56-60-64-68-72-78(83)80-76(75-81)77(82)71-67-63-59-55-51-16-14-12-10-8-6-4-2/h76-77,81-82H,3-75H2,1-2H3,(H,80,83). The first-order chi connectivity index (χ1) is 42.0. The first-order valence-electron chi connectivity index (χ1n) is 39.8. The van der Waals surface area contributed by atoms with Crippen molar-refractivity contribution in [2.75, 3.05) is 13.2 Å². The maximum absolute atomic E-state index is 12.5. The summed E-state index contributed by atoms with van der Waals surface area (Å²) in [4.78, 5) is 24.6. The first-order valence-corrected chi connectivity index (χ1v) is 39.8. The van der Waals surface area contributed by atoms with Crippen molar-refractivity contribution in [3.05, 3.63) is 0 Å². The van der Waals surface area contributed by atoms with Gasteiger partial charge in [0, 0.05) is 12.8 Å². The highest BCUT2D eigenvalue weighted by Gasteiger charge is 2.20. The van der Waals surface area contributed by atoms with Gasteiger partial charge in [0.15, 0.2) is 0 Å². The first kappa shape index (κ1) is 83.9. The van der Waals surface area contributed by atoms with Crippen molar-refractivity contribution in [2.45, 2.75) is 482 Å². The number of rotatable bonds is 76. The summed E-state index contributed by atoms with van der Waals surface area (Å²) >= 11 is 0. The highest BCUT2D eigenvalue weighted by molar-refractivity contribution is 5.76. The number of nitrogens with one attached hydrogen (secondary N) is 1. The summed E-state index contributed by atoms with van der Waals surface area (Å²) in [7, 11) is 0. The normalized spacial score (nSPS) is 12.4. The van der Waals surface area contributed by atoms with E-state index in [0.717, 1.165) is 38.5 Å². The maximum Gasteiger partial charge on any atom is 0.305 e. The Bertz CT molecular complexity index is 1240. The third-order valence-corrected chi connectivity index (χ3v) is 19.2. The Morgan fingerprint density at radius 3 is 0.718 bits per heavy atom. The van der Waals surface area contributed by atoms with Crippen LogP contribution in [0.3, 0.4) is 0 Å². The Hall–Kier alpha value is -1.14. The summed E-state index contributed by atoms with van der Waals surface area (Å²) in [5, 5.41) is 23.3. The Kier molecular flexibility index (Phi) is 74.3. The van der Waals surface area contributed by atoms with E-state index in [0.29, 0.717) is 25.9 Å². The summed E-state index contributed by atoms with van der Waals surface area (Å²) in [6, 6.07) is -0.535. The molecule has 2 unspecified atom stereocenters. The van der Waals surface area contributed by atoms with Crippen molar-refractivity contribution in [1.29, 1.82) is 0 Å². The van der Waals surface area contributed by atoms with Crippen LogP contribution >= 0.6 is 0 Å². The van der Waals surface area contributed by atoms with Gasteiger partial charge in [0.2, 0.25) is 5.91 Å². The number of hydrogen-bond donors (Lipinski definition) is 3. The van der Waals surface area contributed by atoms with Crippen LogP contribution in [-0.4, -0.2) is 47.4 Å². The zero-order chi connectivity index (χ0) is 61.3. The van der Waals surface area contributed by atoms with Crippen molar-refractivity contribution in [3.63, 3.8) is 0 Å². The number of esters is 1. The van der Waals surface area contributed by atoms with Gasteiger partial charge in [0.1, 0.15) is 0 Å². The van der Waals surface area contributed by atoms with Gasteiger partial charge in [-0.15, -0.1) is 0 Å². The van der Waals surface area contributed by atoms with Crippen LogP contribution < -0.4 is 5.32 Å². The predicted octanol–water partition coefficient (Wildman–Crippen LogP) is 26.1. The van der Waals surface area contributed by atoms with Gasteiger partial charge >= 0.3 is 5.97 Å². The van der Waals surface area contributed by atoms with Gasteiger partial charge < -0.3 is 20.3 Å². The molecule has 0 aromatic rings. The van der Waals surface area contributed by atoms with Crippen LogP contribution in [0.2, 0.25) is 0 Å². The number of aliphatic hydroxyl groups is 2. The van der Waals surface area contributed by atoms with Crippen LogP contribution in [0.15, 0.2) is 0 Å². The van der Waals surface area contributed by atoms with Crippen molar-refractivity contribution >= 4 is 11.9 Å². The number of amides is 1. The van der Waals surface area contributed by atoms with Gasteiger partial charge in [-0.3, -0.25) is 9.59 Å². The molecule has 0 aliphatic heterocycles. The summed E-state index contributed by atoms with van der Waals surface area (Å²) in [6.07, 6.45) is 93.6. The van der Waals surface area contributed by atoms with E-state index in [4.69, 9.17) is 4.74 Å². The second kappa shape index (κ2) is 75.3. The van der Waals surface area contributed by atoms with Gasteiger partial charge in [0.05, 0.1) is 25.4 Å². The van der Waals surface area contributed by atoms with E-state index >= 15 is 0 Å². The molecule has 0 rings (SSSR count). The van der Waals surface area contributed by atoms with Crippen LogP contribution in [0.25, 0.3) is 0 Å². The van der Waals surface area contributed by atoms with Gasteiger partial charge in [-0.2, -0.15) is 0 Å². The third-order valence-electron chi connectivity index (χ3n) is 19.2. The molecule has 0 aromatic carbocycles. The number of carbonyl (C=O) groups excluding carboxylic acids is 2. The van der Waals surface area contributed by atoms with Crippen LogP contribution in [-0.2, 0) is 14.3 Å². The molecule has 6 heteroatoms. The minimum atomic E-state index is -0.658. The maximum atomic E-state index is 12.5. The van der Waals surface area contributed by atoms with Gasteiger partial charge in [-0.25, -0.2) is 0 Å². The highest BCUT2D eigenvalue weighted by atomic mass is 16.5. The average molecular weight is 1200 g/mol. The van der Waals surface area contributed by atoms with Crippen molar-refractivity contribution in [2.24, 2.45) is 0 Å². The molecule has 6 nitrogen and oxygen atoms in total. The largest absolute Gasteiger partial charge is 0.466 e. The molecule has 0 spiro atoms. The zero-order valence-electron chi connectivity index (χ0n) is 58.4. The lowest BCUT2D eigenvalue weighted by Crippen LogP contribution is -2.45. The number of ether oxygens (including phenoxy) is 1. The fourth-order valence-corrected chi connectivity index (χ4v) is 13.1. The van der Waals surface area contributed by atoms with Gasteiger partial charge in [-0.05, 0) is 25.7 Å². The molecule has 0 heterocycles. The Labute approximate surface area is 534 Å². The van der Waals surface area contributed by atoms with E-state index in [1.54, 1.807) is 0 Å². The lowest BCUT2D eigenvalue weighted by molar-refractivity contribution is -0.143. The summed E-state index contributed by atoms with van der Waals surface area (Å²) < 4.78 is 5.52. The quantitative estimate of drug-likeness (QED) is 0.0417. The molecular formula is C79H157NO5. The fourth-order valence-electron chi connectivity index (χ4n) is 13.1. The topological polar surface area (TPSA) is 95.9 Å². The van der Waals surface area contributed by atoms with Crippen molar-refractivity contribution in [3.8, 4) is 0 Å². The minimum Gasteiger partial charge on any atom is -0.466 e. The molecule has 0 saturated heterocycles. The number of unbranched alkanes of at least 4 members (excludes halogenated alkanes) is 65. The minimum absolute atomic E-state index is 0.0265. The molecule has 508 valence electrons. The second-order valence-electron chi connectivity index (χ2n) is 27.8. The highest BCUT2D eigenvalue weighted by Crippen LogP contribution is 2.21. The Balaban J connectivity index is 3.26. The number of carbonyl (C=O) groups is 2. The molecule has 0 bridgehead atoms. The van der Waals surface area contributed by atoms with Crippen molar-refractivity contribution < 1.29 is 24.5 Å². The van der Waals surface area contributed by atoms with Gasteiger partial charge in [-0.1, -0.05) is 431 Å². The number of hydrogen-bond acceptors (Lipinski definition) is 5. The predicted molar refractivity (Wildman–Crippen MR) is 375 cm³/mol. The molecular weight excluding hydrogens is 1040 g/mol. The van der Waals surface area contributed by atoms with E-state index in [2.05, 4.69) is 19.2 Å². The molecule has 3 N–H and O–H groups in total. The third kappa shape index (κ3) is 71.8. The molecule has 0 radical (unpaired) electrons. The van der Waals surface area contributed by atoms with E-state index in [1.807, 2.05) is 0 Å². The Morgan fingerprint density at radius 2 is 0.482 bits per heavy atom. The van der Waals surface area contributed by atoms with Gasteiger partial charge in [0.25, 0.3) is 0 Å². The van der Waals surface area contributed by atoms with Crippen molar-refractivity contribution in [1.82, 2.24) is 5.32 Å². The van der Waals surface area contributed by atoms with Crippen LogP contribution in [0.4, 0.5) is 0 Å². The molecule has 2 atom stereocenters. The zero-order valence-corrected chi connectivity index (χ0v) is 58.4. The SMILES string of the molecule is CCCCCCCCCCCCCCCCCCCCCC(=O)OCCCCCCCCCCCCCCCCCCCCCCCCCCCCCCCCCCCCCCCC(=O)NC(CO)C(O)CCCCCCCCCCCCCC. The van der Waals surface area contributed by atoms with E-state index in [1.165, 1.54) is 398 Å². The second-order valence-corrected chi connectivity index (χ2v) is 27.8. The number of aliphatic hydroxyl groups excluding tert-OH is 2. The Morgan fingerprint density at radius 1 is 0.282 bits per heavy atom. The summed E-state index contributed by atoms with van der Waals surface area (Å²) in [6.45, 7) is 5.01. The van der Waals surface area contributed by atoms with Crippen LogP contribution in [0, 0.1) is 0 Å². The van der Waals surface area contributed by atoms with E-state index < -0.39 is 12.1 Å². The van der Waals surface area contributed by atoms with E-state index in [9.17, 15) is 19.8 Å². The van der Waals surface area contributed by atoms with E-state index in [-0.39, 0.29) is 18.5 Å². The fraction of sp³-hybridized carbons (Fsp3) is 0.975. The average Bonchev–Trinajstić information content (AvgIpc) is 3.52. The summed E-state index contributed by atoms with van der Waals surface area (Å²) in [5.41, 5.74) is 0. The lowest BCUT2D eigenvalue weighted by atomic mass is 10.0. The van der Waals surface area contributed by atoms with Crippen LogP contribution in [0.5, 0.6) is 0 Å². The molecule has 0 saturated carbocycles. The van der Waals surface area contributed by atoms with Crippen LogP contribution in [0.1, 0.15) is 470 Å². The molecule has 85 heavy (non-hydrogen) atoms. The smallest absolute Gasteiger partial charge is 0.305 e. The molecule has 0 fully saturated rings.